The third-order valence-corrected chi connectivity index (χ3v) is 4.16. The molecule has 2 rings (SSSR count). The number of nitrogens with zero attached hydrogens (tertiary/aromatic N) is 2. The van der Waals surface area contributed by atoms with Gasteiger partial charge in [-0.05, 0) is 25.1 Å². The molecule has 0 fully saturated rings. The Morgan fingerprint density at radius 3 is 2.62 bits per heavy atom. The van der Waals surface area contributed by atoms with E-state index in [9.17, 15) is 8.42 Å². The molecule has 0 radical (unpaired) electrons. The van der Waals surface area contributed by atoms with E-state index in [1.54, 1.807) is 13.0 Å². The standard InChI is InChI=1S/C12H13ClN4O3S/c1-7-5-11(20-2)16-12(15-7)17-21(18,19)10-4-3-8(13)6-9(10)14/h3-6H,14H2,1-2H3,(H,15,16,17). The van der Waals surface area contributed by atoms with E-state index in [1.807, 2.05) is 0 Å². The lowest BCUT2D eigenvalue weighted by molar-refractivity contribution is 0.397. The van der Waals surface area contributed by atoms with Crippen LogP contribution < -0.4 is 15.2 Å². The minimum atomic E-state index is -3.92. The van der Waals surface area contributed by atoms with Gasteiger partial charge in [0.1, 0.15) is 4.90 Å². The Balaban J connectivity index is 2.39. The molecule has 0 aliphatic heterocycles. The van der Waals surface area contributed by atoms with Crippen molar-refractivity contribution in [3.05, 3.63) is 35.0 Å². The lowest BCUT2D eigenvalue weighted by atomic mass is 10.3. The molecule has 0 bridgehead atoms. The first-order chi connectivity index (χ1) is 9.81. The number of aromatic nitrogens is 2. The number of methoxy groups -OCH3 is 1. The highest BCUT2D eigenvalue weighted by Crippen LogP contribution is 2.24. The summed E-state index contributed by atoms with van der Waals surface area (Å²) in [4.78, 5) is 7.81. The Hall–Kier alpha value is -2.06. The molecule has 7 nitrogen and oxygen atoms in total. The van der Waals surface area contributed by atoms with Gasteiger partial charge in [0.25, 0.3) is 10.0 Å². The molecule has 0 aliphatic carbocycles. The summed E-state index contributed by atoms with van der Waals surface area (Å²) in [6.07, 6.45) is 0. The maximum atomic E-state index is 12.3. The van der Waals surface area contributed by atoms with Crippen molar-refractivity contribution < 1.29 is 13.2 Å². The van der Waals surface area contributed by atoms with E-state index in [4.69, 9.17) is 22.1 Å². The SMILES string of the molecule is COc1cc(C)nc(NS(=O)(=O)c2ccc(Cl)cc2N)n1. The molecule has 3 N–H and O–H groups in total. The molecular formula is C12H13ClN4O3S. The second kappa shape index (κ2) is 5.74. The van der Waals surface area contributed by atoms with Gasteiger partial charge in [0, 0.05) is 16.8 Å². The summed E-state index contributed by atoms with van der Waals surface area (Å²) < 4.78 is 31.8. The van der Waals surface area contributed by atoms with Crippen molar-refractivity contribution in [2.75, 3.05) is 17.6 Å². The number of rotatable bonds is 4. The number of nitrogen functional groups attached to an aromatic ring is 1. The summed E-state index contributed by atoms with van der Waals surface area (Å²) in [5, 5.41) is 0.347. The molecule has 0 atom stereocenters. The number of ether oxygens (including phenoxy) is 1. The van der Waals surface area contributed by atoms with Crippen molar-refractivity contribution in [1.82, 2.24) is 9.97 Å². The van der Waals surface area contributed by atoms with Crippen molar-refractivity contribution in [3.8, 4) is 5.88 Å². The topological polar surface area (TPSA) is 107 Å². The van der Waals surface area contributed by atoms with Crippen LogP contribution in [0.25, 0.3) is 0 Å². The van der Waals surface area contributed by atoms with Crippen LogP contribution in [-0.4, -0.2) is 25.5 Å². The number of hydrogen-bond donors (Lipinski definition) is 2. The van der Waals surface area contributed by atoms with Crippen molar-refractivity contribution >= 4 is 33.3 Å². The zero-order valence-corrected chi connectivity index (χ0v) is 12.9. The Morgan fingerprint density at radius 2 is 2.00 bits per heavy atom. The summed E-state index contributed by atoms with van der Waals surface area (Å²) in [7, 11) is -2.49. The van der Waals surface area contributed by atoms with Crippen LogP contribution in [0.2, 0.25) is 5.02 Å². The Labute approximate surface area is 127 Å². The Bertz CT molecular complexity index is 780. The van der Waals surface area contributed by atoms with Crippen molar-refractivity contribution in [1.29, 1.82) is 0 Å². The maximum Gasteiger partial charge on any atom is 0.266 e. The summed E-state index contributed by atoms with van der Waals surface area (Å²) in [5.41, 5.74) is 6.27. The van der Waals surface area contributed by atoms with Crippen LogP contribution in [0.1, 0.15) is 5.69 Å². The normalized spacial score (nSPS) is 11.2. The van der Waals surface area contributed by atoms with E-state index in [-0.39, 0.29) is 22.4 Å². The van der Waals surface area contributed by atoms with Crippen molar-refractivity contribution in [3.63, 3.8) is 0 Å². The van der Waals surface area contributed by atoms with Gasteiger partial charge in [-0.2, -0.15) is 4.98 Å². The van der Waals surface area contributed by atoms with Gasteiger partial charge in [0.15, 0.2) is 0 Å². The number of nitrogens with two attached hydrogens (primary N) is 1. The smallest absolute Gasteiger partial charge is 0.266 e. The van der Waals surface area contributed by atoms with Crippen LogP contribution in [-0.2, 0) is 10.0 Å². The van der Waals surface area contributed by atoms with Gasteiger partial charge in [0.05, 0.1) is 12.8 Å². The van der Waals surface area contributed by atoms with E-state index < -0.39 is 10.0 Å². The molecule has 0 saturated heterocycles. The molecule has 1 heterocycles. The predicted molar refractivity (Wildman–Crippen MR) is 80.0 cm³/mol. The van der Waals surface area contributed by atoms with Crippen LogP contribution in [0.5, 0.6) is 5.88 Å². The van der Waals surface area contributed by atoms with Crippen LogP contribution in [0.4, 0.5) is 11.6 Å². The molecule has 1 aromatic carbocycles. The molecule has 21 heavy (non-hydrogen) atoms. The number of aryl methyl sites for hydroxylation is 1. The molecule has 0 unspecified atom stereocenters. The maximum absolute atomic E-state index is 12.3. The molecule has 0 amide bonds. The fourth-order valence-corrected chi connectivity index (χ4v) is 2.87. The van der Waals surface area contributed by atoms with Crippen LogP contribution in [0, 0.1) is 6.92 Å². The first-order valence-corrected chi connectivity index (χ1v) is 7.65. The predicted octanol–water partition coefficient (Wildman–Crippen LogP) is 1.83. The summed E-state index contributed by atoms with van der Waals surface area (Å²) >= 11 is 5.75. The lowest BCUT2D eigenvalue weighted by Gasteiger charge is -2.10. The largest absolute Gasteiger partial charge is 0.481 e. The highest BCUT2D eigenvalue weighted by Gasteiger charge is 2.19. The van der Waals surface area contributed by atoms with Crippen LogP contribution >= 0.6 is 11.6 Å². The van der Waals surface area contributed by atoms with E-state index in [0.29, 0.717) is 10.7 Å². The molecular weight excluding hydrogens is 316 g/mol. The summed E-state index contributed by atoms with van der Waals surface area (Å²) in [6, 6.07) is 5.68. The molecule has 1 aromatic heterocycles. The van der Waals surface area contributed by atoms with Gasteiger partial charge >= 0.3 is 0 Å². The minimum absolute atomic E-state index is 0.0367. The fourth-order valence-electron chi connectivity index (χ4n) is 1.63. The Morgan fingerprint density at radius 1 is 1.29 bits per heavy atom. The second-order valence-corrected chi connectivity index (χ2v) is 6.25. The van der Waals surface area contributed by atoms with Crippen LogP contribution in [0.15, 0.2) is 29.2 Å². The minimum Gasteiger partial charge on any atom is -0.481 e. The third-order valence-electron chi connectivity index (χ3n) is 2.53. The molecule has 2 aromatic rings. The summed E-state index contributed by atoms with van der Waals surface area (Å²) in [5.74, 6) is 0.158. The van der Waals surface area contributed by atoms with Gasteiger partial charge in [-0.3, -0.25) is 0 Å². The quantitative estimate of drug-likeness (QED) is 0.829. The van der Waals surface area contributed by atoms with Crippen LogP contribution in [0.3, 0.4) is 0 Å². The first-order valence-electron chi connectivity index (χ1n) is 5.79. The van der Waals surface area contributed by atoms with Gasteiger partial charge < -0.3 is 10.5 Å². The second-order valence-electron chi connectivity index (χ2n) is 4.16. The van der Waals surface area contributed by atoms with Gasteiger partial charge in [-0.25, -0.2) is 18.1 Å². The lowest BCUT2D eigenvalue weighted by Crippen LogP contribution is -2.17. The number of nitrogens with one attached hydrogen (secondary N) is 1. The van der Waals surface area contributed by atoms with Crippen molar-refractivity contribution in [2.45, 2.75) is 11.8 Å². The highest BCUT2D eigenvalue weighted by molar-refractivity contribution is 7.92. The molecule has 0 spiro atoms. The number of sulfonamides is 1. The monoisotopic (exact) mass is 328 g/mol. The molecule has 112 valence electrons. The third kappa shape index (κ3) is 3.53. The number of anilines is 2. The van der Waals surface area contributed by atoms with E-state index >= 15 is 0 Å². The first kappa shape index (κ1) is 15.3. The number of hydrogen-bond acceptors (Lipinski definition) is 6. The molecule has 0 aliphatic rings. The number of halogens is 1. The molecule has 9 heteroatoms. The van der Waals surface area contributed by atoms with Gasteiger partial charge in [-0.1, -0.05) is 11.6 Å². The fraction of sp³-hybridized carbons (Fsp3) is 0.167. The van der Waals surface area contributed by atoms with E-state index in [0.717, 1.165) is 0 Å². The average molecular weight is 329 g/mol. The van der Waals surface area contributed by atoms with Gasteiger partial charge in [-0.15, -0.1) is 0 Å². The van der Waals surface area contributed by atoms with Crippen molar-refractivity contribution in [2.24, 2.45) is 0 Å². The van der Waals surface area contributed by atoms with E-state index in [2.05, 4.69) is 14.7 Å². The molecule has 0 saturated carbocycles. The zero-order chi connectivity index (χ0) is 15.6. The zero-order valence-electron chi connectivity index (χ0n) is 11.3. The average Bonchev–Trinajstić information content (AvgIpc) is 2.36. The number of benzene rings is 1. The highest BCUT2D eigenvalue weighted by atomic mass is 35.5. The van der Waals surface area contributed by atoms with E-state index in [1.165, 1.54) is 25.3 Å². The van der Waals surface area contributed by atoms with Gasteiger partial charge in [0.2, 0.25) is 11.8 Å². The Kier molecular flexibility index (Phi) is 4.19. The summed E-state index contributed by atoms with van der Waals surface area (Å²) in [6.45, 7) is 1.69.